The molecule has 0 aliphatic heterocycles. The molecule has 0 saturated carbocycles. The number of fused-ring (bicyclic) bond motifs is 1. The van der Waals surface area contributed by atoms with Crippen molar-refractivity contribution in [2.45, 2.75) is 13.8 Å². The van der Waals surface area contributed by atoms with Crippen LogP contribution in [0.5, 0.6) is 5.75 Å². The maximum Gasteiger partial charge on any atom is 0.412 e. The van der Waals surface area contributed by atoms with E-state index in [1.807, 2.05) is 19.9 Å². The summed E-state index contributed by atoms with van der Waals surface area (Å²) in [5.41, 5.74) is 3.62. The maximum absolute atomic E-state index is 12.3. The summed E-state index contributed by atoms with van der Waals surface area (Å²) in [5.74, 6) is 0.219. The number of aryl methyl sites for hydroxylation is 2. The van der Waals surface area contributed by atoms with Crippen molar-refractivity contribution in [3.05, 3.63) is 65.5 Å². The van der Waals surface area contributed by atoms with Crippen LogP contribution < -0.4 is 15.4 Å². The van der Waals surface area contributed by atoms with Crippen molar-refractivity contribution in [1.82, 2.24) is 20.6 Å². The fraction of sp³-hybridized carbons (Fsp3) is 0.200. The van der Waals surface area contributed by atoms with Crippen LogP contribution in [0.25, 0.3) is 11.0 Å². The Morgan fingerprint density at radius 3 is 2.30 bits per heavy atom. The summed E-state index contributed by atoms with van der Waals surface area (Å²) in [6.07, 6.45) is -0.567. The molecule has 2 amide bonds. The van der Waals surface area contributed by atoms with E-state index in [0.717, 1.165) is 16.9 Å². The summed E-state index contributed by atoms with van der Waals surface area (Å²) >= 11 is 0. The fourth-order valence-electron chi connectivity index (χ4n) is 2.45. The van der Waals surface area contributed by atoms with Crippen LogP contribution in [0.15, 0.2) is 48.5 Å². The highest BCUT2D eigenvalue weighted by Crippen LogP contribution is 2.14. The molecule has 3 rings (SSSR count). The summed E-state index contributed by atoms with van der Waals surface area (Å²) in [6.45, 7) is 4.31. The summed E-state index contributed by atoms with van der Waals surface area (Å²) in [5, 5.41) is 5.33. The Hall–Kier alpha value is -3.48. The van der Waals surface area contributed by atoms with E-state index in [4.69, 9.17) is 4.74 Å². The number of nitrogens with one attached hydrogen (secondary N) is 2. The SMILES string of the molecule is Cc1nc2ccc(C(=O)NCCNC(=O)Oc3ccccc3)cc2nc1C. The fourth-order valence-corrected chi connectivity index (χ4v) is 2.45. The van der Waals surface area contributed by atoms with Gasteiger partial charge in [-0.15, -0.1) is 0 Å². The maximum atomic E-state index is 12.3. The second-order valence-electron chi connectivity index (χ2n) is 5.98. The van der Waals surface area contributed by atoms with E-state index in [-0.39, 0.29) is 19.0 Å². The average molecular weight is 364 g/mol. The Morgan fingerprint density at radius 1 is 0.889 bits per heavy atom. The summed E-state index contributed by atoms with van der Waals surface area (Å²) in [6, 6.07) is 14.0. The minimum atomic E-state index is -0.567. The van der Waals surface area contributed by atoms with Crippen LogP contribution in [0, 0.1) is 13.8 Å². The van der Waals surface area contributed by atoms with Crippen LogP contribution in [0.3, 0.4) is 0 Å². The van der Waals surface area contributed by atoms with Crippen molar-refractivity contribution in [3.8, 4) is 5.75 Å². The highest BCUT2D eigenvalue weighted by molar-refractivity contribution is 5.97. The van der Waals surface area contributed by atoms with Gasteiger partial charge in [-0.2, -0.15) is 0 Å². The first kappa shape index (κ1) is 18.3. The van der Waals surface area contributed by atoms with Crippen molar-refractivity contribution >= 4 is 23.0 Å². The second kappa shape index (κ2) is 8.27. The van der Waals surface area contributed by atoms with E-state index in [1.165, 1.54) is 0 Å². The molecule has 0 saturated heterocycles. The molecule has 3 aromatic rings. The minimum absolute atomic E-state index is 0.241. The first-order chi connectivity index (χ1) is 13.0. The van der Waals surface area contributed by atoms with Gasteiger partial charge in [-0.1, -0.05) is 18.2 Å². The van der Waals surface area contributed by atoms with Crippen molar-refractivity contribution in [1.29, 1.82) is 0 Å². The molecule has 2 aromatic carbocycles. The van der Waals surface area contributed by atoms with E-state index < -0.39 is 6.09 Å². The Labute approximate surface area is 156 Å². The molecule has 1 aromatic heterocycles. The molecule has 0 aliphatic rings. The van der Waals surface area contributed by atoms with Crippen molar-refractivity contribution in [3.63, 3.8) is 0 Å². The highest BCUT2D eigenvalue weighted by atomic mass is 16.6. The Kier molecular flexibility index (Phi) is 5.61. The van der Waals surface area contributed by atoms with E-state index in [1.54, 1.807) is 42.5 Å². The number of amides is 2. The predicted molar refractivity (Wildman–Crippen MR) is 102 cm³/mol. The van der Waals surface area contributed by atoms with Crippen LogP contribution in [0.1, 0.15) is 21.7 Å². The standard InChI is InChI=1S/C20H20N4O3/c1-13-14(2)24-18-12-15(8-9-17(18)23-13)19(25)21-10-11-22-20(26)27-16-6-4-3-5-7-16/h3-9,12H,10-11H2,1-2H3,(H,21,25)(H,22,26). The zero-order valence-electron chi connectivity index (χ0n) is 15.2. The first-order valence-corrected chi connectivity index (χ1v) is 8.57. The quantitative estimate of drug-likeness (QED) is 0.679. The number of aromatic nitrogens is 2. The zero-order chi connectivity index (χ0) is 19.2. The summed E-state index contributed by atoms with van der Waals surface area (Å²) in [7, 11) is 0. The smallest absolute Gasteiger partial charge is 0.410 e. The minimum Gasteiger partial charge on any atom is -0.410 e. The van der Waals surface area contributed by atoms with Gasteiger partial charge in [0.2, 0.25) is 0 Å². The highest BCUT2D eigenvalue weighted by Gasteiger charge is 2.09. The van der Waals surface area contributed by atoms with Gasteiger partial charge in [0.1, 0.15) is 5.75 Å². The molecule has 0 radical (unpaired) electrons. The van der Waals surface area contributed by atoms with Gasteiger partial charge >= 0.3 is 6.09 Å². The molecule has 138 valence electrons. The second-order valence-corrected chi connectivity index (χ2v) is 5.98. The van der Waals surface area contributed by atoms with Gasteiger partial charge < -0.3 is 15.4 Å². The molecule has 0 unspecified atom stereocenters. The molecule has 0 aliphatic carbocycles. The number of carbonyl (C=O) groups excluding carboxylic acids is 2. The van der Waals surface area contributed by atoms with Crippen LogP contribution in [-0.4, -0.2) is 35.1 Å². The molecule has 0 atom stereocenters. The number of rotatable bonds is 5. The van der Waals surface area contributed by atoms with Gasteiger partial charge in [0, 0.05) is 18.7 Å². The number of benzene rings is 2. The lowest BCUT2D eigenvalue weighted by atomic mass is 10.1. The van der Waals surface area contributed by atoms with Crippen molar-refractivity contribution in [2.75, 3.05) is 13.1 Å². The van der Waals surface area contributed by atoms with Crippen LogP contribution in [0.2, 0.25) is 0 Å². The molecule has 0 bridgehead atoms. The molecule has 0 fully saturated rings. The number of nitrogens with zero attached hydrogens (tertiary/aromatic N) is 2. The van der Waals surface area contributed by atoms with Gasteiger partial charge in [0.25, 0.3) is 5.91 Å². The molecule has 0 spiro atoms. The predicted octanol–water partition coefficient (Wildman–Crippen LogP) is 2.77. The number of ether oxygens (including phenoxy) is 1. The summed E-state index contributed by atoms with van der Waals surface area (Å²) in [4.78, 5) is 32.9. The van der Waals surface area contributed by atoms with Gasteiger partial charge in [-0.3, -0.25) is 4.79 Å². The van der Waals surface area contributed by atoms with Gasteiger partial charge in [-0.05, 0) is 44.2 Å². The molecule has 7 nitrogen and oxygen atoms in total. The van der Waals surface area contributed by atoms with Gasteiger partial charge in [0.15, 0.2) is 0 Å². The normalized spacial score (nSPS) is 10.4. The van der Waals surface area contributed by atoms with Crippen LogP contribution in [-0.2, 0) is 0 Å². The molecular formula is C20H20N4O3. The van der Waals surface area contributed by atoms with E-state index in [0.29, 0.717) is 16.8 Å². The Balaban J connectivity index is 1.50. The molecule has 1 heterocycles. The lowest BCUT2D eigenvalue weighted by molar-refractivity contribution is 0.0953. The molecule has 27 heavy (non-hydrogen) atoms. The molecular weight excluding hydrogens is 344 g/mol. The topological polar surface area (TPSA) is 93.2 Å². The first-order valence-electron chi connectivity index (χ1n) is 8.57. The van der Waals surface area contributed by atoms with E-state index in [2.05, 4.69) is 20.6 Å². The molecule has 7 heteroatoms. The number of carbonyl (C=O) groups is 2. The lowest BCUT2D eigenvalue weighted by Crippen LogP contribution is -2.36. The average Bonchev–Trinajstić information content (AvgIpc) is 2.66. The van der Waals surface area contributed by atoms with Gasteiger partial charge in [-0.25, -0.2) is 14.8 Å². The van der Waals surface area contributed by atoms with Crippen LogP contribution in [0.4, 0.5) is 4.79 Å². The monoisotopic (exact) mass is 364 g/mol. The largest absolute Gasteiger partial charge is 0.412 e. The third-order valence-corrected chi connectivity index (χ3v) is 3.97. The van der Waals surface area contributed by atoms with Crippen molar-refractivity contribution < 1.29 is 14.3 Å². The third-order valence-electron chi connectivity index (χ3n) is 3.97. The number of hydrogen-bond acceptors (Lipinski definition) is 5. The Morgan fingerprint density at radius 2 is 1.56 bits per heavy atom. The van der Waals surface area contributed by atoms with E-state index in [9.17, 15) is 9.59 Å². The van der Waals surface area contributed by atoms with Crippen LogP contribution >= 0.6 is 0 Å². The molecule has 2 N–H and O–H groups in total. The third kappa shape index (κ3) is 4.78. The zero-order valence-corrected chi connectivity index (χ0v) is 15.2. The number of para-hydroxylation sites is 1. The Bertz CT molecular complexity index is 974. The van der Waals surface area contributed by atoms with E-state index >= 15 is 0 Å². The summed E-state index contributed by atoms with van der Waals surface area (Å²) < 4.78 is 5.10. The number of hydrogen-bond donors (Lipinski definition) is 2. The lowest BCUT2D eigenvalue weighted by Gasteiger charge is -2.08. The van der Waals surface area contributed by atoms with Crippen molar-refractivity contribution in [2.24, 2.45) is 0 Å². The van der Waals surface area contributed by atoms with Gasteiger partial charge in [0.05, 0.1) is 22.4 Å².